The number of hydrogen-bond donors (Lipinski definition) is 1. The third kappa shape index (κ3) is 2.78. The van der Waals surface area contributed by atoms with Gasteiger partial charge in [-0.1, -0.05) is 11.3 Å². The first-order valence-corrected chi connectivity index (χ1v) is 7.02. The molecule has 0 atom stereocenters. The first-order valence-electron chi connectivity index (χ1n) is 6.20. The summed E-state index contributed by atoms with van der Waals surface area (Å²) in [5.41, 5.74) is 6.17. The molecule has 2 aromatic rings. The van der Waals surface area contributed by atoms with E-state index >= 15 is 0 Å². The Balaban J connectivity index is 1.78. The van der Waals surface area contributed by atoms with E-state index in [0.717, 1.165) is 18.8 Å². The van der Waals surface area contributed by atoms with Crippen molar-refractivity contribution in [2.24, 2.45) is 0 Å². The third-order valence-electron chi connectivity index (χ3n) is 3.00. The second-order valence-corrected chi connectivity index (χ2v) is 5.44. The Morgan fingerprint density at radius 3 is 2.80 bits per heavy atom. The maximum absolute atomic E-state index is 12.1. The van der Waals surface area contributed by atoms with Crippen LogP contribution in [0.4, 0.5) is 10.8 Å². The van der Waals surface area contributed by atoms with Crippen LogP contribution >= 0.6 is 11.3 Å². The predicted molar refractivity (Wildman–Crippen MR) is 75.0 cm³/mol. The molecular formula is C11H14N6O2S. The van der Waals surface area contributed by atoms with Gasteiger partial charge in [-0.25, -0.2) is 4.68 Å². The molecule has 3 rings (SSSR count). The van der Waals surface area contributed by atoms with Crippen molar-refractivity contribution in [1.82, 2.24) is 20.0 Å². The Morgan fingerprint density at radius 2 is 2.15 bits per heavy atom. The van der Waals surface area contributed by atoms with Crippen molar-refractivity contribution in [2.45, 2.75) is 6.54 Å². The Bertz CT molecular complexity index is 648. The van der Waals surface area contributed by atoms with Gasteiger partial charge in [-0.05, 0) is 0 Å². The molecule has 0 aliphatic carbocycles. The van der Waals surface area contributed by atoms with E-state index in [-0.39, 0.29) is 12.1 Å². The van der Waals surface area contributed by atoms with Gasteiger partial charge in [-0.3, -0.25) is 4.79 Å². The summed E-state index contributed by atoms with van der Waals surface area (Å²) in [6.07, 6.45) is 1.69. The molecule has 1 aliphatic rings. The van der Waals surface area contributed by atoms with E-state index in [9.17, 15) is 4.79 Å². The van der Waals surface area contributed by atoms with Crippen molar-refractivity contribution < 1.29 is 4.74 Å². The van der Waals surface area contributed by atoms with Gasteiger partial charge in [0.2, 0.25) is 5.13 Å². The molecule has 20 heavy (non-hydrogen) atoms. The van der Waals surface area contributed by atoms with E-state index in [4.69, 9.17) is 10.5 Å². The maximum Gasteiger partial charge on any atom is 0.269 e. The summed E-state index contributed by atoms with van der Waals surface area (Å²) in [5, 5.41) is 12.8. The lowest BCUT2D eigenvalue weighted by molar-refractivity contribution is 0.122. The molecule has 0 radical (unpaired) electrons. The van der Waals surface area contributed by atoms with Crippen molar-refractivity contribution in [3.05, 3.63) is 27.6 Å². The van der Waals surface area contributed by atoms with Crippen molar-refractivity contribution in [3.8, 4) is 0 Å². The molecule has 0 spiro atoms. The minimum absolute atomic E-state index is 0.164. The molecule has 0 aromatic carbocycles. The highest BCUT2D eigenvalue weighted by atomic mass is 32.1. The molecule has 0 saturated carbocycles. The smallest absolute Gasteiger partial charge is 0.269 e. The number of morpholine rings is 1. The molecule has 3 heterocycles. The van der Waals surface area contributed by atoms with Crippen molar-refractivity contribution in [1.29, 1.82) is 0 Å². The van der Waals surface area contributed by atoms with Gasteiger partial charge in [0, 0.05) is 19.2 Å². The van der Waals surface area contributed by atoms with E-state index in [0.29, 0.717) is 23.4 Å². The van der Waals surface area contributed by atoms with Crippen molar-refractivity contribution in [2.75, 3.05) is 36.9 Å². The second kappa shape index (κ2) is 5.55. The molecule has 1 aliphatic heterocycles. The van der Waals surface area contributed by atoms with Crippen LogP contribution in [0.5, 0.6) is 0 Å². The van der Waals surface area contributed by atoms with E-state index in [1.165, 1.54) is 16.0 Å². The van der Waals surface area contributed by atoms with Crippen LogP contribution in [0.15, 0.2) is 17.1 Å². The Labute approximate surface area is 118 Å². The number of ether oxygens (including phenoxy) is 1. The first-order chi connectivity index (χ1) is 9.72. The van der Waals surface area contributed by atoms with E-state index in [2.05, 4.69) is 20.2 Å². The summed E-state index contributed by atoms with van der Waals surface area (Å²) >= 11 is 1.25. The van der Waals surface area contributed by atoms with E-state index in [1.807, 2.05) is 0 Å². The zero-order chi connectivity index (χ0) is 13.9. The molecule has 9 heteroatoms. The lowest BCUT2D eigenvalue weighted by atomic mass is 10.3. The number of anilines is 2. The number of nitrogens with two attached hydrogens (primary N) is 1. The monoisotopic (exact) mass is 294 g/mol. The van der Waals surface area contributed by atoms with Gasteiger partial charge in [0.1, 0.15) is 5.01 Å². The number of hydrogen-bond acceptors (Lipinski definition) is 8. The van der Waals surface area contributed by atoms with Crippen LogP contribution in [-0.4, -0.2) is 46.3 Å². The topological polar surface area (TPSA) is 99.2 Å². The molecule has 1 saturated heterocycles. The maximum atomic E-state index is 12.1. The Kier molecular flexibility index (Phi) is 3.61. The van der Waals surface area contributed by atoms with Gasteiger partial charge in [-0.2, -0.15) is 5.10 Å². The zero-order valence-corrected chi connectivity index (χ0v) is 11.5. The SMILES string of the molecule is Nc1nnc(Cn2ncc(N3CCOCC3)cc2=O)s1. The van der Waals surface area contributed by atoms with Crippen LogP contribution in [0.3, 0.4) is 0 Å². The fourth-order valence-corrected chi connectivity index (χ4v) is 2.59. The Morgan fingerprint density at radius 1 is 1.35 bits per heavy atom. The standard InChI is InChI=1S/C11H14N6O2S/c12-11-15-14-9(20-11)7-17-10(18)5-8(6-13-17)16-1-3-19-4-2-16/h5-6H,1-4,7H2,(H2,12,15). The molecular weight excluding hydrogens is 280 g/mol. The largest absolute Gasteiger partial charge is 0.378 e. The quantitative estimate of drug-likeness (QED) is 0.819. The van der Waals surface area contributed by atoms with Crippen LogP contribution in [0.25, 0.3) is 0 Å². The number of nitrogens with zero attached hydrogens (tertiary/aromatic N) is 5. The lowest BCUT2D eigenvalue weighted by Crippen LogP contribution is -2.37. The second-order valence-electron chi connectivity index (χ2n) is 4.34. The number of nitrogen functional groups attached to an aromatic ring is 1. The van der Waals surface area contributed by atoms with Crippen molar-refractivity contribution >= 4 is 22.2 Å². The molecule has 0 bridgehead atoms. The van der Waals surface area contributed by atoms with E-state index < -0.39 is 0 Å². The molecule has 2 aromatic heterocycles. The van der Waals surface area contributed by atoms with Crippen LogP contribution in [0, 0.1) is 0 Å². The van der Waals surface area contributed by atoms with Crippen LogP contribution in [0.1, 0.15) is 5.01 Å². The van der Waals surface area contributed by atoms with Gasteiger partial charge in [0.15, 0.2) is 0 Å². The average molecular weight is 294 g/mol. The summed E-state index contributed by atoms with van der Waals surface area (Å²) in [5.74, 6) is 0. The Hall–Kier alpha value is -2.00. The highest BCUT2D eigenvalue weighted by Crippen LogP contribution is 2.13. The van der Waals surface area contributed by atoms with Gasteiger partial charge in [-0.15, -0.1) is 10.2 Å². The third-order valence-corrected chi connectivity index (χ3v) is 3.74. The van der Waals surface area contributed by atoms with Crippen LogP contribution in [0.2, 0.25) is 0 Å². The molecule has 0 unspecified atom stereocenters. The zero-order valence-electron chi connectivity index (χ0n) is 10.7. The minimum atomic E-state index is -0.164. The van der Waals surface area contributed by atoms with Gasteiger partial charge in [0.05, 0.1) is 31.6 Å². The number of aromatic nitrogens is 4. The van der Waals surface area contributed by atoms with E-state index in [1.54, 1.807) is 12.3 Å². The molecule has 0 amide bonds. The number of rotatable bonds is 3. The highest BCUT2D eigenvalue weighted by Gasteiger charge is 2.13. The van der Waals surface area contributed by atoms with Crippen LogP contribution < -0.4 is 16.2 Å². The molecule has 8 nitrogen and oxygen atoms in total. The molecule has 106 valence electrons. The van der Waals surface area contributed by atoms with Crippen molar-refractivity contribution in [3.63, 3.8) is 0 Å². The minimum Gasteiger partial charge on any atom is -0.378 e. The van der Waals surface area contributed by atoms with Crippen LogP contribution in [-0.2, 0) is 11.3 Å². The van der Waals surface area contributed by atoms with Gasteiger partial charge in [0.25, 0.3) is 5.56 Å². The summed E-state index contributed by atoms with van der Waals surface area (Å²) < 4.78 is 6.64. The normalized spacial score (nSPS) is 15.5. The fraction of sp³-hybridized carbons (Fsp3) is 0.455. The summed E-state index contributed by atoms with van der Waals surface area (Å²) in [6.45, 7) is 3.19. The highest BCUT2D eigenvalue weighted by molar-refractivity contribution is 7.15. The van der Waals surface area contributed by atoms with Gasteiger partial charge >= 0.3 is 0 Å². The summed E-state index contributed by atoms with van der Waals surface area (Å²) in [6, 6.07) is 1.59. The lowest BCUT2D eigenvalue weighted by Gasteiger charge is -2.28. The first kappa shape index (κ1) is 13.0. The summed E-state index contributed by atoms with van der Waals surface area (Å²) in [7, 11) is 0. The fourth-order valence-electron chi connectivity index (χ4n) is 2.00. The summed E-state index contributed by atoms with van der Waals surface area (Å²) in [4.78, 5) is 14.2. The molecule has 1 fully saturated rings. The predicted octanol–water partition coefficient (Wildman–Crippen LogP) is -0.438. The van der Waals surface area contributed by atoms with Gasteiger partial charge < -0.3 is 15.4 Å². The molecule has 2 N–H and O–H groups in total. The average Bonchev–Trinajstić information content (AvgIpc) is 2.87.